The standard InChI is InChI=1S/C85H98ClN11O24/c1-6-88-16-18-116-56-15-11-41(29-57(56)117-19-17-89-7-2)76(106)91-60(99)34-53-78(108)93-64-44-30-58-74(120-84-73(105)71(103)72(104)75(121-84)70(102)47-27-39(9-13-54(47)118-58)68(100)66(82(112)90-53)96-77(107)52(87-5)20-35(3)4)59(31-44)119-55-14-10-40(28-51(55)86)69(101)67-83(113)95-65(81(111)92-62-42-22-36-21-37(24-42)25-43(62)23-36)48-32-45(98)33-50-61(48)46-26-38(8-12-49(46)85(50,114)115)63(79(109)97-67)94-80(64)110/h8-15,26-33,35-37,42-43,52-53,62-73,75,84,87-89,98,100-105,114-115H,6-7,16-25,34H2,1-5H3,(H,90,112)(H,92,111)(H,93,108)(H,94,110)(H,95,113)(H,96,107)(H,97,109)(H,91,99,106)/t36?,37?,42?,43?,52-,53+,62?,63-,64-,65+,66-,67+,68-,69-,70?,71+,72+,73-,75-,84-/m1/s1. The summed E-state index contributed by atoms with van der Waals surface area (Å²) in [6, 6.07) is 4.68. The Bertz CT molecular complexity index is 5040. The van der Waals surface area contributed by atoms with Crippen molar-refractivity contribution in [1.82, 2.24) is 58.5 Å². The quantitative estimate of drug-likeness (QED) is 0.0382. The Morgan fingerprint density at radius 2 is 1.24 bits per heavy atom. The molecule has 7 heterocycles. The third-order valence-electron chi connectivity index (χ3n) is 24.2. The molecule has 35 nitrogen and oxygen atoms in total. The molecule has 0 radical (unpaired) electrons. The maximum Gasteiger partial charge on any atom is 0.257 e. The molecule has 6 aromatic carbocycles. The Morgan fingerprint density at radius 3 is 1.91 bits per heavy atom. The summed E-state index contributed by atoms with van der Waals surface area (Å²) in [5.74, 6) is -15.6. The van der Waals surface area contributed by atoms with E-state index < -0.39 is 191 Å². The second-order valence-corrected chi connectivity index (χ2v) is 33.2. The number of carbonyl (C=O) groups excluding carboxylic acids is 9. The highest BCUT2D eigenvalue weighted by Crippen LogP contribution is 2.56. The fraction of sp³-hybridized carbons (Fsp3) is 0.471. The number of likely N-dealkylation sites (N-methyl/N-ethyl adjacent to an activating group) is 3. The van der Waals surface area contributed by atoms with E-state index in [1.807, 2.05) is 27.7 Å². The number of benzene rings is 6. The second kappa shape index (κ2) is 35.1. The number of amides is 9. The van der Waals surface area contributed by atoms with E-state index in [0.29, 0.717) is 38.0 Å². The van der Waals surface area contributed by atoms with Gasteiger partial charge in [-0.3, -0.25) is 48.5 Å². The van der Waals surface area contributed by atoms with Crippen LogP contribution in [-0.2, 0) is 48.9 Å². The van der Waals surface area contributed by atoms with Crippen LogP contribution in [0.1, 0.15) is 164 Å². The summed E-state index contributed by atoms with van der Waals surface area (Å²) in [6.45, 7) is 9.84. The van der Waals surface area contributed by atoms with Gasteiger partial charge < -0.3 is 128 Å². The molecule has 1 saturated heterocycles. The number of hydrogen-bond donors (Lipinski definition) is 20. The Balaban J connectivity index is 0.901. The summed E-state index contributed by atoms with van der Waals surface area (Å²) >= 11 is 7.20. The van der Waals surface area contributed by atoms with E-state index in [4.69, 9.17) is 40.0 Å². The van der Waals surface area contributed by atoms with Crippen molar-refractivity contribution in [2.75, 3.05) is 46.4 Å². The lowest BCUT2D eigenvalue weighted by molar-refractivity contribution is -0.290. The van der Waals surface area contributed by atoms with Crippen LogP contribution >= 0.6 is 11.6 Å². The van der Waals surface area contributed by atoms with Gasteiger partial charge in [-0.05, 0) is 200 Å². The van der Waals surface area contributed by atoms with Crippen molar-refractivity contribution in [3.8, 4) is 57.1 Å². The van der Waals surface area contributed by atoms with Gasteiger partial charge in [-0.1, -0.05) is 63.6 Å². The minimum absolute atomic E-state index is 0.0795. The molecule has 12 aliphatic rings. The van der Waals surface area contributed by atoms with E-state index in [1.165, 1.54) is 67.7 Å². The molecule has 644 valence electrons. The van der Waals surface area contributed by atoms with Crippen molar-refractivity contribution < 1.29 is 118 Å². The zero-order valence-electron chi connectivity index (χ0n) is 66.6. The number of hydrogen-bond acceptors (Lipinski definition) is 27. The lowest BCUT2D eigenvalue weighted by Crippen LogP contribution is -2.60. The van der Waals surface area contributed by atoms with Crippen LogP contribution < -0.4 is 82.2 Å². The molecule has 15 atom stereocenters. The minimum atomic E-state index is -2.98. The first kappa shape index (κ1) is 85.3. The molecule has 4 saturated carbocycles. The normalized spacial score (nSPS) is 28.7. The first-order valence-corrected chi connectivity index (χ1v) is 41.1. The molecule has 5 aliphatic carbocycles. The number of aromatic hydroxyl groups is 1. The fourth-order valence-electron chi connectivity index (χ4n) is 18.4. The SMILES string of the molecule is CCNCCOc1ccc(C(=O)NC(=O)C[C@@H]2NC(=O)[C@H](NC(=O)[C@@H](CC(C)C)NC)[C@H](O)c3ccc4c(c3)C(O)[C@H]3O[C@@H](Oc5c6cc(cc5O4)[C@@H](NC2=O)C(=O)N[C@H]2C(=O)N[C@H](C(=O)N[C@H](C(=O)NC4C5CC7CC(C5)CC4C7)c4cc(O)cc5c4-c4cc2ccc4C5(O)O)[C@H](O)c2ccc(c(Cl)c2)O6)[C@H](O)[C@@H](O)[C@@H]3O)cc1OCCNCC. The molecule has 6 aromatic rings. The lowest BCUT2D eigenvalue weighted by Gasteiger charge is -2.54. The Morgan fingerprint density at radius 1 is 0.603 bits per heavy atom. The van der Waals surface area contributed by atoms with Crippen LogP contribution in [0.4, 0.5) is 0 Å². The van der Waals surface area contributed by atoms with Crippen LogP contribution in [0, 0.1) is 29.6 Å². The highest BCUT2D eigenvalue weighted by atomic mass is 35.5. The average Bonchev–Trinajstić information content (AvgIpc) is 1.57. The van der Waals surface area contributed by atoms with Gasteiger partial charge in [0.05, 0.1) is 17.5 Å². The number of phenolic OH excluding ortho intramolecular Hbond substituents is 1. The second-order valence-electron chi connectivity index (χ2n) is 32.8. The van der Waals surface area contributed by atoms with Crippen molar-refractivity contribution >= 4 is 64.8 Å². The average molecular weight is 1690 g/mol. The zero-order chi connectivity index (χ0) is 85.9. The van der Waals surface area contributed by atoms with Gasteiger partial charge >= 0.3 is 0 Å². The molecular weight excluding hydrogens is 1590 g/mol. The number of phenols is 1. The number of nitrogens with one attached hydrogen (secondary N) is 11. The molecule has 20 N–H and O–H groups in total. The molecule has 5 fully saturated rings. The predicted octanol–water partition coefficient (Wildman–Crippen LogP) is 1.66. The largest absolute Gasteiger partial charge is 0.508 e. The van der Waals surface area contributed by atoms with Crippen molar-refractivity contribution in [2.45, 2.75) is 176 Å². The third kappa shape index (κ3) is 17.1. The monoisotopic (exact) mass is 1690 g/mol. The highest BCUT2D eigenvalue weighted by Gasteiger charge is 2.54. The van der Waals surface area contributed by atoms with E-state index >= 15 is 28.8 Å². The van der Waals surface area contributed by atoms with Crippen molar-refractivity contribution in [3.63, 3.8) is 0 Å². The first-order valence-electron chi connectivity index (χ1n) is 40.7. The number of fused-ring (bicyclic) bond motifs is 13. The van der Waals surface area contributed by atoms with Gasteiger partial charge in [-0.15, -0.1) is 0 Å². The summed E-state index contributed by atoms with van der Waals surface area (Å²) < 4.78 is 38.1. The minimum Gasteiger partial charge on any atom is -0.508 e. The van der Waals surface area contributed by atoms with Gasteiger partial charge in [0.15, 0.2) is 23.0 Å². The number of aliphatic hydroxyl groups is 8. The molecule has 18 rings (SSSR count). The molecule has 7 aliphatic heterocycles. The molecule has 0 aromatic heterocycles. The molecule has 0 spiro atoms. The predicted molar refractivity (Wildman–Crippen MR) is 427 cm³/mol. The van der Waals surface area contributed by atoms with Crippen LogP contribution in [0.3, 0.4) is 0 Å². The van der Waals surface area contributed by atoms with Gasteiger partial charge in [-0.25, -0.2) is 0 Å². The van der Waals surface area contributed by atoms with Crippen LogP contribution in [0.5, 0.6) is 46.0 Å². The van der Waals surface area contributed by atoms with E-state index in [0.717, 1.165) is 68.5 Å². The van der Waals surface area contributed by atoms with E-state index in [9.17, 15) is 60.3 Å². The molecule has 9 amide bonds. The summed E-state index contributed by atoms with van der Waals surface area (Å²) in [6.07, 6.45) is -13.7. The number of imide groups is 1. The van der Waals surface area contributed by atoms with Crippen LogP contribution in [0.2, 0.25) is 5.02 Å². The number of halogens is 1. The summed E-state index contributed by atoms with van der Waals surface area (Å²) in [7, 11) is 1.46. The molecule has 121 heavy (non-hydrogen) atoms. The van der Waals surface area contributed by atoms with Gasteiger partial charge in [0.25, 0.3) is 5.91 Å². The van der Waals surface area contributed by atoms with Gasteiger partial charge in [0.1, 0.15) is 109 Å². The number of carbonyl (C=O) groups is 9. The lowest BCUT2D eigenvalue weighted by atomic mass is 9.54. The number of rotatable bonds is 20. The van der Waals surface area contributed by atoms with E-state index in [1.54, 1.807) is 0 Å². The Hall–Kier alpha value is -10.6. The van der Waals surface area contributed by atoms with Gasteiger partial charge in [0, 0.05) is 41.4 Å². The first-order chi connectivity index (χ1) is 57.9. The smallest absolute Gasteiger partial charge is 0.257 e. The number of ether oxygens (including phenoxy) is 6. The van der Waals surface area contributed by atoms with Crippen LogP contribution in [0.15, 0.2) is 97.1 Å². The third-order valence-corrected chi connectivity index (χ3v) is 24.5. The summed E-state index contributed by atoms with van der Waals surface area (Å²) in [5, 5.41) is 140. The van der Waals surface area contributed by atoms with Crippen molar-refractivity contribution in [1.29, 1.82) is 0 Å². The van der Waals surface area contributed by atoms with Gasteiger partial charge in [-0.2, -0.15) is 0 Å². The zero-order valence-corrected chi connectivity index (χ0v) is 67.3. The maximum atomic E-state index is 16.6. The van der Waals surface area contributed by atoms with Gasteiger partial charge in [0.2, 0.25) is 65.1 Å². The van der Waals surface area contributed by atoms with Crippen molar-refractivity contribution in [3.05, 3.63) is 152 Å². The topological polar surface area (TPSA) is 523 Å². The molecule has 18 bridgehead atoms. The Kier molecular flexibility index (Phi) is 24.7. The van der Waals surface area contributed by atoms with Crippen LogP contribution in [-0.4, -0.2) is 206 Å². The molecular formula is C85H98ClN11O24. The Labute approximate surface area is 698 Å². The van der Waals surface area contributed by atoms with Crippen molar-refractivity contribution in [2.24, 2.45) is 29.6 Å². The highest BCUT2D eigenvalue weighted by molar-refractivity contribution is 6.32. The maximum absolute atomic E-state index is 16.6. The molecule has 1 unspecified atom stereocenters. The fourth-order valence-corrected chi connectivity index (χ4v) is 18.6. The van der Waals surface area contributed by atoms with E-state index in [2.05, 4.69) is 58.5 Å². The summed E-state index contributed by atoms with van der Waals surface area (Å²) in [4.78, 5) is 140. The van der Waals surface area contributed by atoms with E-state index in [-0.39, 0.29) is 122 Å². The summed E-state index contributed by atoms with van der Waals surface area (Å²) in [5.41, 5.74) is -2.72. The van der Waals surface area contributed by atoms with Crippen LogP contribution in [0.25, 0.3) is 11.1 Å². The number of aliphatic hydroxyl groups excluding tert-OH is 6. The molecule has 36 heteroatoms.